The quantitative estimate of drug-likeness (QED) is 0.150. The molecule has 0 spiro atoms. The third-order valence-corrected chi connectivity index (χ3v) is 16.6. The maximum atomic E-state index is 2.71. The number of fused-ring (bicyclic) bond motifs is 17. The Morgan fingerprint density at radius 1 is 0.500 bits per heavy atom. The van der Waals surface area contributed by atoms with Crippen LogP contribution in [-0.4, -0.2) is 11.4 Å². The van der Waals surface area contributed by atoms with Gasteiger partial charge in [-0.15, -0.1) is 22.7 Å². The summed E-state index contributed by atoms with van der Waals surface area (Å²) in [5.74, 6) is 0. The Labute approximate surface area is 357 Å². The molecule has 284 valence electrons. The molecule has 3 aliphatic rings. The van der Waals surface area contributed by atoms with Gasteiger partial charge in [0, 0.05) is 79.2 Å². The Bertz CT molecular complexity index is 3740. The van der Waals surface area contributed by atoms with E-state index in [2.05, 4.69) is 190 Å². The fraction of sp³-hybridized carbons (Fsp3) is 0.127. The van der Waals surface area contributed by atoms with Crippen molar-refractivity contribution < 1.29 is 0 Å². The van der Waals surface area contributed by atoms with Gasteiger partial charge in [-0.3, -0.25) is 0 Å². The molecule has 0 atom stereocenters. The maximum Gasteiger partial charge on any atom is 0.333 e. The normalized spacial score (nSPS) is 14.8. The summed E-state index contributed by atoms with van der Waals surface area (Å²) in [5, 5.41) is 8.01. The van der Waals surface area contributed by atoms with Crippen LogP contribution in [0.1, 0.15) is 51.3 Å². The van der Waals surface area contributed by atoms with Gasteiger partial charge in [0.05, 0.1) is 11.0 Å². The molecule has 0 fully saturated rings. The number of anilines is 2. The first-order valence-electron chi connectivity index (χ1n) is 21.2. The first kappa shape index (κ1) is 33.7. The lowest BCUT2D eigenvalue weighted by molar-refractivity contribution is 0.590. The highest BCUT2D eigenvalue weighted by atomic mass is 32.1. The van der Waals surface area contributed by atoms with Crippen LogP contribution in [0.4, 0.5) is 11.4 Å². The second-order valence-electron chi connectivity index (χ2n) is 18.9. The van der Waals surface area contributed by atoms with Crippen LogP contribution >= 0.6 is 22.7 Å². The van der Waals surface area contributed by atoms with E-state index >= 15 is 0 Å². The van der Waals surface area contributed by atoms with Crippen molar-refractivity contribution in [1.82, 2.24) is 4.57 Å². The predicted octanol–water partition coefficient (Wildman–Crippen LogP) is 14.4. The minimum atomic E-state index is -0.132. The van der Waals surface area contributed by atoms with Crippen molar-refractivity contribution in [2.45, 2.75) is 45.4 Å². The zero-order chi connectivity index (χ0) is 40.0. The number of rotatable bonds is 1. The Hall–Kier alpha value is -6.14. The molecule has 5 heterocycles. The molecule has 1 aliphatic carbocycles. The Balaban J connectivity index is 1.16. The van der Waals surface area contributed by atoms with Crippen LogP contribution in [0, 0.1) is 0 Å². The van der Waals surface area contributed by atoms with Gasteiger partial charge in [-0.05, 0) is 104 Å². The highest BCUT2D eigenvalue weighted by Crippen LogP contribution is 2.53. The molecular weight excluding hydrogens is 764 g/mol. The minimum Gasteiger partial charge on any atom is -0.376 e. The van der Waals surface area contributed by atoms with Gasteiger partial charge in [-0.25, -0.2) is 0 Å². The highest BCUT2D eigenvalue weighted by Gasteiger charge is 2.46. The predicted molar refractivity (Wildman–Crippen MR) is 262 cm³/mol. The van der Waals surface area contributed by atoms with Crippen molar-refractivity contribution in [3.05, 3.63) is 162 Å². The van der Waals surface area contributed by atoms with E-state index in [1.807, 2.05) is 22.7 Å². The molecule has 2 nitrogen and oxygen atoms in total. The summed E-state index contributed by atoms with van der Waals surface area (Å²) < 4.78 is 8.01. The van der Waals surface area contributed by atoms with E-state index in [-0.39, 0.29) is 17.7 Å². The molecule has 3 aromatic heterocycles. The topological polar surface area (TPSA) is 8.17 Å². The van der Waals surface area contributed by atoms with Gasteiger partial charge >= 0.3 is 6.85 Å². The van der Waals surface area contributed by atoms with Crippen LogP contribution < -0.4 is 15.7 Å². The summed E-state index contributed by atoms with van der Waals surface area (Å²) in [6.45, 7) is 11.7. The first-order chi connectivity index (χ1) is 29.1. The molecule has 0 amide bonds. The molecule has 60 heavy (non-hydrogen) atoms. The number of hydrogen-bond donors (Lipinski definition) is 0. The van der Waals surface area contributed by atoms with Gasteiger partial charge in [-0.1, -0.05) is 126 Å². The lowest BCUT2D eigenvalue weighted by atomic mass is 9.43. The standard InChI is InChI=1S/C55H39BN2S2/c1-54(2,3)30-18-20-31(21-19-30)58-46-29-51-40(33-13-7-11-17-49(33)60-51)24-38(46)35-22-23-36-39-25-41-34-14-8-10-16-48(34)59-50(41)28-45(39)57-47-26-37-32-12-6-9-15-42(32)55(4,5)43(37)27-44(47)56(58)52(35)53(36)57/h6-29H,1-5H3. The van der Waals surface area contributed by atoms with Gasteiger partial charge in [0.1, 0.15) is 0 Å². The minimum absolute atomic E-state index is 0.0397. The molecule has 0 radical (unpaired) electrons. The second kappa shape index (κ2) is 11.2. The average Bonchev–Trinajstić information content (AvgIpc) is 3.97. The zero-order valence-corrected chi connectivity index (χ0v) is 35.8. The molecular formula is C55H39BN2S2. The van der Waals surface area contributed by atoms with Crippen LogP contribution in [0.5, 0.6) is 0 Å². The summed E-state index contributed by atoms with van der Waals surface area (Å²) in [6.07, 6.45) is 0. The van der Waals surface area contributed by atoms with Crippen molar-refractivity contribution in [1.29, 1.82) is 0 Å². The van der Waals surface area contributed by atoms with Crippen LogP contribution in [0.15, 0.2) is 146 Å². The largest absolute Gasteiger partial charge is 0.376 e. The molecule has 8 aromatic carbocycles. The van der Waals surface area contributed by atoms with Gasteiger partial charge in [0.25, 0.3) is 0 Å². The molecule has 0 saturated carbocycles. The van der Waals surface area contributed by atoms with Gasteiger partial charge in [0.2, 0.25) is 0 Å². The lowest BCUT2D eigenvalue weighted by Crippen LogP contribution is -2.60. The molecule has 2 aliphatic heterocycles. The molecule has 0 bridgehead atoms. The summed E-state index contributed by atoms with van der Waals surface area (Å²) in [4.78, 5) is 2.71. The maximum absolute atomic E-state index is 2.71. The van der Waals surface area contributed by atoms with Crippen LogP contribution in [0.3, 0.4) is 0 Å². The van der Waals surface area contributed by atoms with Crippen LogP contribution in [0.25, 0.3) is 90.1 Å². The van der Waals surface area contributed by atoms with Crippen LogP contribution in [0.2, 0.25) is 0 Å². The van der Waals surface area contributed by atoms with E-state index in [0.717, 1.165) is 0 Å². The van der Waals surface area contributed by atoms with Gasteiger partial charge in [0.15, 0.2) is 0 Å². The van der Waals surface area contributed by atoms with E-state index in [0.29, 0.717) is 0 Å². The Morgan fingerprint density at radius 3 is 1.93 bits per heavy atom. The number of aromatic nitrogens is 1. The van der Waals surface area contributed by atoms with Crippen molar-refractivity contribution in [3.8, 4) is 27.9 Å². The third-order valence-electron chi connectivity index (χ3n) is 14.3. The SMILES string of the molecule is CC(C)(C)c1ccc(N2B3c4cc5c(cc4-n4c6cc7sc8ccccc8c7cc6c6ccc(c3c64)-c3cc4c(cc32)sc2ccccc24)-c2ccccc2C5(C)C)cc1. The van der Waals surface area contributed by atoms with Crippen LogP contribution in [-0.2, 0) is 10.8 Å². The monoisotopic (exact) mass is 802 g/mol. The molecule has 11 aromatic rings. The summed E-state index contributed by atoms with van der Waals surface area (Å²) in [7, 11) is 0. The van der Waals surface area contributed by atoms with Gasteiger partial charge < -0.3 is 9.38 Å². The third kappa shape index (κ3) is 4.15. The van der Waals surface area contributed by atoms with E-state index in [4.69, 9.17) is 0 Å². The average molecular weight is 803 g/mol. The van der Waals surface area contributed by atoms with E-state index in [9.17, 15) is 0 Å². The fourth-order valence-electron chi connectivity index (χ4n) is 11.4. The Morgan fingerprint density at radius 2 is 1.18 bits per heavy atom. The second-order valence-corrected chi connectivity index (χ2v) is 21.1. The number of nitrogens with zero attached hydrogens (tertiary/aromatic N) is 2. The van der Waals surface area contributed by atoms with Crippen molar-refractivity contribution >= 4 is 114 Å². The van der Waals surface area contributed by atoms with Gasteiger partial charge in [-0.2, -0.15) is 0 Å². The first-order valence-corrected chi connectivity index (χ1v) is 22.8. The number of thiophene rings is 2. The molecule has 0 unspecified atom stereocenters. The van der Waals surface area contributed by atoms with Crippen molar-refractivity contribution in [2.24, 2.45) is 0 Å². The van der Waals surface area contributed by atoms with E-state index < -0.39 is 0 Å². The number of benzene rings is 8. The van der Waals surface area contributed by atoms with E-state index in [1.54, 1.807) is 0 Å². The summed E-state index contributed by atoms with van der Waals surface area (Å²) >= 11 is 3.82. The molecule has 0 N–H and O–H groups in total. The van der Waals surface area contributed by atoms with Crippen molar-refractivity contribution in [2.75, 3.05) is 4.81 Å². The molecule has 0 saturated heterocycles. The summed E-state index contributed by atoms with van der Waals surface area (Å²) in [5.41, 5.74) is 18.6. The smallest absolute Gasteiger partial charge is 0.333 e. The lowest BCUT2D eigenvalue weighted by Gasteiger charge is -2.42. The number of hydrogen-bond acceptors (Lipinski definition) is 3. The zero-order valence-electron chi connectivity index (χ0n) is 34.1. The van der Waals surface area contributed by atoms with E-state index in [1.165, 1.54) is 129 Å². The summed E-state index contributed by atoms with van der Waals surface area (Å²) in [6, 6.07) is 56.6. The molecule has 14 rings (SSSR count). The fourth-order valence-corrected chi connectivity index (χ4v) is 13.7. The Kier molecular flexibility index (Phi) is 6.26. The van der Waals surface area contributed by atoms with Crippen molar-refractivity contribution in [3.63, 3.8) is 0 Å². The molecule has 5 heteroatoms. The highest BCUT2D eigenvalue weighted by molar-refractivity contribution is 7.26.